The monoisotopic (exact) mass is 375 g/mol. The molecule has 26 heavy (non-hydrogen) atoms. The van der Waals surface area contributed by atoms with Crippen LogP contribution in [0.4, 0.5) is 4.39 Å². The summed E-state index contributed by atoms with van der Waals surface area (Å²) in [4.78, 5) is 19.1. The molecule has 1 atom stereocenters. The summed E-state index contributed by atoms with van der Waals surface area (Å²) in [5.74, 6) is -0.588. The van der Waals surface area contributed by atoms with Gasteiger partial charge in [0, 0.05) is 26.0 Å². The maximum Gasteiger partial charge on any atom is 0.274 e. The lowest BCUT2D eigenvalue weighted by molar-refractivity contribution is 0.0537. The summed E-state index contributed by atoms with van der Waals surface area (Å²) < 4.78 is 20.4. The van der Waals surface area contributed by atoms with E-state index in [9.17, 15) is 9.18 Å². The van der Waals surface area contributed by atoms with Gasteiger partial charge in [0.25, 0.3) is 5.91 Å². The lowest BCUT2D eigenvalue weighted by Gasteiger charge is -2.28. The molecule has 1 aromatic carbocycles. The average molecular weight is 376 g/mol. The fourth-order valence-electron chi connectivity index (χ4n) is 2.81. The summed E-state index contributed by atoms with van der Waals surface area (Å²) in [7, 11) is 1.58. The third kappa shape index (κ3) is 4.03. The molecule has 0 bridgehead atoms. The van der Waals surface area contributed by atoms with Gasteiger partial charge in [-0.15, -0.1) is 0 Å². The highest BCUT2D eigenvalue weighted by atomic mass is 35.5. The Balaban J connectivity index is 1.92. The Kier molecular flexibility index (Phi) is 5.54. The standard InChI is InChI=1S/C19H19ClFN3O2/c1-13(12-26-2)24(9-14-4-3-5-16(21)8-14)19(25)17-11-23-10-15(20)6-7-18(23)22-17/h3-8,10-11,13H,9,12H2,1-2H3/t13-/m1/s1. The van der Waals surface area contributed by atoms with Crippen molar-refractivity contribution in [2.45, 2.75) is 19.5 Å². The second-order valence-electron chi connectivity index (χ2n) is 6.11. The van der Waals surface area contributed by atoms with Crippen LogP contribution in [0.2, 0.25) is 5.02 Å². The first-order chi connectivity index (χ1) is 12.5. The Morgan fingerprint density at radius 3 is 2.88 bits per heavy atom. The molecule has 7 heteroatoms. The van der Waals surface area contributed by atoms with Crippen molar-refractivity contribution in [1.29, 1.82) is 0 Å². The van der Waals surface area contributed by atoms with E-state index in [1.165, 1.54) is 12.1 Å². The van der Waals surface area contributed by atoms with Crippen LogP contribution in [-0.2, 0) is 11.3 Å². The molecule has 2 aromatic heterocycles. The molecule has 0 aliphatic carbocycles. The molecule has 136 valence electrons. The maximum atomic E-state index is 13.5. The van der Waals surface area contributed by atoms with Crippen LogP contribution < -0.4 is 0 Å². The van der Waals surface area contributed by atoms with E-state index in [-0.39, 0.29) is 24.3 Å². The minimum atomic E-state index is -0.336. The molecule has 0 N–H and O–H groups in total. The molecule has 3 rings (SSSR count). The SMILES string of the molecule is COC[C@@H](C)N(Cc1cccc(F)c1)C(=O)c1cn2cc(Cl)ccc2n1. The number of hydrogen-bond acceptors (Lipinski definition) is 3. The summed E-state index contributed by atoms with van der Waals surface area (Å²) in [6, 6.07) is 9.46. The minimum absolute atomic E-state index is 0.204. The zero-order valence-corrected chi connectivity index (χ0v) is 15.3. The Morgan fingerprint density at radius 2 is 2.15 bits per heavy atom. The van der Waals surface area contributed by atoms with Crippen molar-refractivity contribution >= 4 is 23.2 Å². The molecule has 2 heterocycles. The Bertz CT molecular complexity index is 928. The molecule has 3 aromatic rings. The van der Waals surface area contributed by atoms with Crippen LogP contribution in [0.1, 0.15) is 23.0 Å². The van der Waals surface area contributed by atoms with Crippen molar-refractivity contribution in [3.05, 3.63) is 70.9 Å². The van der Waals surface area contributed by atoms with Gasteiger partial charge >= 0.3 is 0 Å². The van der Waals surface area contributed by atoms with Crippen molar-refractivity contribution in [3.8, 4) is 0 Å². The average Bonchev–Trinajstić information content (AvgIpc) is 3.02. The molecule has 0 saturated heterocycles. The topological polar surface area (TPSA) is 46.8 Å². The van der Waals surface area contributed by atoms with Crippen molar-refractivity contribution in [3.63, 3.8) is 0 Å². The van der Waals surface area contributed by atoms with Gasteiger partial charge in [-0.3, -0.25) is 4.79 Å². The summed E-state index contributed by atoms with van der Waals surface area (Å²) in [5, 5.41) is 0.554. The zero-order chi connectivity index (χ0) is 18.7. The maximum absolute atomic E-state index is 13.5. The van der Waals surface area contributed by atoms with E-state index in [0.717, 1.165) is 0 Å². The minimum Gasteiger partial charge on any atom is -0.383 e. The lowest BCUT2D eigenvalue weighted by Crippen LogP contribution is -2.40. The number of carbonyl (C=O) groups excluding carboxylic acids is 1. The number of hydrogen-bond donors (Lipinski definition) is 0. The number of aromatic nitrogens is 2. The van der Waals surface area contributed by atoms with Crippen molar-refractivity contribution in [2.75, 3.05) is 13.7 Å². The number of pyridine rings is 1. The number of fused-ring (bicyclic) bond motifs is 1. The van der Waals surface area contributed by atoms with Crippen LogP contribution in [0.3, 0.4) is 0 Å². The molecule has 0 aliphatic heterocycles. The van der Waals surface area contributed by atoms with Crippen LogP contribution >= 0.6 is 11.6 Å². The zero-order valence-electron chi connectivity index (χ0n) is 14.5. The predicted molar refractivity (Wildman–Crippen MR) is 97.8 cm³/mol. The number of halogens is 2. The number of ether oxygens (including phenoxy) is 1. The smallest absolute Gasteiger partial charge is 0.274 e. The summed E-state index contributed by atoms with van der Waals surface area (Å²) >= 11 is 5.99. The van der Waals surface area contributed by atoms with Gasteiger partial charge < -0.3 is 14.0 Å². The Hall–Kier alpha value is -2.44. The van der Waals surface area contributed by atoms with E-state index < -0.39 is 0 Å². The molecule has 0 fully saturated rings. The Labute approximate surface area is 156 Å². The summed E-state index contributed by atoms with van der Waals surface area (Å²) in [5.41, 5.74) is 1.63. The van der Waals surface area contributed by atoms with Gasteiger partial charge in [-0.25, -0.2) is 9.37 Å². The first-order valence-corrected chi connectivity index (χ1v) is 8.54. The van der Waals surface area contributed by atoms with E-state index in [1.807, 2.05) is 6.92 Å². The second-order valence-corrected chi connectivity index (χ2v) is 6.54. The first kappa shape index (κ1) is 18.4. The van der Waals surface area contributed by atoms with Gasteiger partial charge in [0.05, 0.1) is 17.7 Å². The van der Waals surface area contributed by atoms with Crippen LogP contribution in [-0.4, -0.2) is 40.0 Å². The highest BCUT2D eigenvalue weighted by molar-refractivity contribution is 6.30. The molecule has 1 amide bonds. The quantitative estimate of drug-likeness (QED) is 0.658. The van der Waals surface area contributed by atoms with Gasteiger partial charge in [-0.2, -0.15) is 0 Å². The molecule has 0 spiro atoms. The predicted octanol–water partition coefficient (Wildman–Crippen LogP) is 3.80. The highest BCUT2D eigenvalue weighted by Crippen LogP contribution is 2.17. The highest BCUT2D eigenvalue weighted by Gasteiger charge is 2.24. The number of benzene rings is 1. The number of nitrogens with zero attached hydrogens (tertiary/aromatic N) is 3. The number of rotatable bonds is 6. The Morgan fingerprint density at radius 1 is 1.35 bits per heavy atom. The van der Waals surface area contributed by atoms with Crippen molar-refractivity contribution in [1.82, 2.24) is 14.3 Å². The first-order valence-electron chi connectivity index (χ1n) is 8.16. The van der Waals surface area contributed by atoms with Crippen LogP contribution in [0, 0.1) is 5.82 Å². The molecule has 5 nitrogen and oxygen atoms in total. The molecule has 0 aliphatic rings. The lowest BCUT2D eigenvalue weighted by atomic mass is 10.1. The number of imidazole rings is 1. The van der Waals surface area contributed by atoms with Gasteiger partial charge in [0.15, 0.2) is 0 Å². The van der Waals surface area contributed by atoms with E-state index >= 15 is 0 Å². The third-order valence-electron chi connectivity index (χ3n) is 4.08. The normalized spacial score (nSPS) is 12.3. The second kappa shape index (κ2) is 7.85. The van der Waals surface area contributed by atoms with Crippen LogP contribution in [0.25, 0.3) is 5.65 Å². The molecular formula is C19H19ClFN3O2. The fourth-order valence-corrected chi connectivity index (χ4v) is 2.97. The number of methoxy groups -OCH3 is 1. The third-order valence-corrected chi connectivity index (χ3v) is 4.30. The van der Waals surface area contributed by atoms with Crippen LogP contribution in [0.5, 0.6) is 0 Å². The molecule has 0 unspecified atom stereocenters. The van der Waals surface area contributed by atoms with Gasteiger partial charge in [0.2, 0.25) is 0 Å². The molecule has 0 saturated carbocycles. The largest absolute Gasteiger partial charge is 0.383 e. The number of amides is 1. The van der Waals surface area contributed by atoms with E-state index in [1.54, 1.807) is 53.1 Å². The molecular weight excluding hydrogens is 357 g/mol. The van der Waals surface area contributed by atoms with Crippen LogP contribution in [0.15, 0.2) is 48.8 Å². The van der Waals surface area contributed by atoms with Gasteiger partial charge in [-0.05, 0) is 36.8 Å². The van der Waals surface area contributed by atoms with Gasteiger partial charge in [0.1, 0.15) is 17.2 Å². The van der Waals surface area contributed by atoms with Gasteiger partial charge in [-0.1, -0.05) is 23.7 Å². The van der Waals surface area contributed by atoms with E-state index in [4.69, 9.17) is 16.3 Å². The molecule has 0 radical (unpaired) electrons. The van der Waals surface area contributed by atoms with E-state index in [0.29, 0.717) is 28.5 Å². The van der Waals surface area contributed by atoms with Crippen molar-refractivity contribution < 1.29 is 13.9 Å². The summed E-state index contributed by atoms with van der Waals surface area (Å²) in [6.45, 7) is 2.50. The summed E-state index contributed by atoms with van der Waals surface area (Å²) in [6.07, 6.45) is 3.33. The fraction of sp³-hybridized carbons (Fsp3) is 0.263. The number of carbonyl (C=O) groups is 1. The van der Waals surface area contributed by atoms with E-state index in [2.05, 4.69) is 4.98 Å². The van der Waals surface area contributed by atoms with Crippen molar-refractivity contribution in [2.24, 2.45) is 0 Å².